The van der Waals surface area contributed by atoms with Gasteiger partial charge >= 0.3 is 6.09 Å². The number of hydrogen-bond acceptors (Lipinski definition) is 5. The summed E-state index contributed by atoms with van der Waals surface area (Å²) in [5.74, 6) is 0. The largest absolute Gasteiger partial charge is 0.444 e. The summed E-state index contributed by atoms with van der Waals surface area (Å²) in [6, 6.07) is -0.154. The van der Waals surface area contributed by atoms with Crippen molar-refractivity contribution in [1.29, 1.82) is 0 Å². The van der Waals surface area contributed by atoms with Crippen LogP contribution in [-0.4, -0.2) is 79.5 Å². The van der Waals surface area contributed by atoms with Crippen LogP contribution < -0.4 is 5.32 Å². The first-order valence-electron chi connectivity index (χ1n) is 8.26. The molecule has 1 saturated carbocycles. The lowest BCUT2D eigenvalue weighted by Gasteiger charge is -2.42. The van der Waals surface area contributed by atoms with Gasteiger partial charge in [-0.15, -0.1) is 0 Å². The van der Waals surface area contributed by atoms with Crippen LogP contribution in [0.2, 0.25) is 0 Å². The van der Waals surface area contributed by atoms with Crippen LogP contribution in [0.4, 0.5) is 9.18 Å². The Morgan fingerprint density at radius 2 is 2.17 bits per heavy atom. The highest BCUT2D eigenvalue weighted by Gasteiger charge is 2.42. The Morgan fingerprint density at radius 1 is 1.39 bits per heavy atom. The standard InChI is InChI=1S/C14H23FN6O2/c15-12-7-10(1-2-13(12)20-5-3-17-4-6-20)21-9-11(8-18-19-16)23-14(21)22/h10-13,17H,1-9H2/t10?,11-,12?,13?/m0/s1. The molecule has 0 aromatic heterocycles. The van der Waals surface area contributed by atoms with Crippen molar-refractivity contribution in [3.8, 4) is 0 Å². The summed E-state index contributed by atoms with van der Waals surface area (Å²) in [6.07, 6.45) is 0.159. The number of cyclic esters (lactones) is 1. The monoisotopic (exact) mass is 326 g/mol. The highest BCUT2D eigenvalue weighted by Crippen LogP contribution is 2.31. The minimum atomic E-state index is -0.921. The van der Waals surface area contributed by atoms with Gasteiger partial charge in [0.25, 0.3) is 0 Å². The number of nitrogens with one attached hydrogen (secondary N) is 1. The van der Waals surface area contributed by atoms with Gasteiger partial charge < -0.3 is 15.0 Å². The predicted molar refractivity (Wildman–Crippen MR) is 81.8 cm³/mol. The van der Waals surface area contributed by atoms with Crippen molar-refractivity contribution < 1.29 is 13.9 Å². The topological polar surface area (TPSA) is 93.6 Å². The van der Waals surface area contributed by atoms with Crippen molar-refractivity contribution in [3.05, 3.63) is 10.4 Å². The molecule has 3 aliphatic rings. The van der Waals surface area contributed by atoms with Crippen LogP contribution in [0.3, 0.4) is 0 Å². The van der Waals surface area contributed by atoms with Gasteiger partial charge in [-0.3, -0.25) is 4.90 Å². The Hall–Kier alpha value is -1.57. The third kappa shape index (κ3) is 3.68. The fraction of sp³-hybridized carbons (Fsp3) is 0.929. The van der Waals surface area contributed by atoms with E-state index in [-0.39, 0.29) is 18.6 Å². The van der Waals surface area contributed by atoms with Crippen LogP contribution in [0.1, 0.15) is 19.3 Å². The Kier molecular flexibility index (Phi) is 5.20. The van der Waals surface area contributed by atoms with Crippen molar-refractivity contribution in [1.82, 2.24) is 15.1 Å². The van der Waals surface area contributed by atoms with Gasteiger partial charge in [0.05, 0.1) is 13.1 Å². The second kappa shape index (κ2) is 7.33. The Balaban J connectivity index is 1.55. The van der Waals surface area contributed by atoms with E-state index in [9.17, 15) is 9.18 Å². The van der Waals surface area contributed by atoms with E-state index in [1.165, 1.54) is 0 Å². The molecule has 128 valence electrons. The molecule has 1 amide bonds. The zero-order valence-electron chi connectivity index (χ0n) is 13.1. The summed E-state index contributed by atoms with van der Waals surface area (Å²) < 4.78 is 19.8. The minimum absolute atomic E-state index is 0.0361. The molecule has 23 heavy (non-hydrogen) atoms. The van der Waals surface area contributed by atoms with E-state index in [4.69, 9.17) is 10.3 Å². The van der Waals surface area contributed by atoms with Crippen molar-refractivity contribution in [3.63, 3.8) is 0 Å². The van der Waals surface area contributed by atoms with Gasteiger partial charge in [-0.05, 0) is 18.4 Å². The molecule has 2 saturated heterocycles. The molecule has 0 aromatic carbocycles. The van der Waals surface area contributed by atoms with E-state index in [0.717, 1.165) is 39.0 Å². The lowest BCUT2D eigenvalue weighted by atomic mass is 9.87. The molecule has 2 heterocycles. The smallest absolute Gasteiger partial charge is 0.410 e. The first-order valence-corrected chi connectivity index (χ1v) is 8.26. The molecule has 0 aromatic rings. The van der Waals surface area contributed by atoms with Crippen LogP contribution in [0.15, 0.2) is 5.11 Å². The molecule has 1 N–H and O–H groups in total. The van der Waals surface area contributed by atoms with Crippen molar-refractivity contribution >= 4 is 6.09 Å². The summed E-state index contributed by atoms with van der Waals surface area (Å²) in [6.45, 7) is 4.10. The minimum Gasteiger partial charge on any atom is -0.444 e. The summed E-state index contributed by atoms with van der Waals surface area (Å²) in [5, 5.41) is 6.73. The number of amides is 1. The average Bonchev–Trinajstić information content (AvgIpc) is 2.94. The first-order chi connectivity index (χ1) is 11.2. The number of alkyl halides is 1. The Bertz CT molecular complexity index is 480. The van der Waals surface area contributed by atoms with Gasteiger partial charge in [0.15, 0.2) is 0 Å². The molecule has 4 atom stereocenters. The maximum absolute atomic E-state index is 14.7. The third-order valence-corrected chi connectivity index (χ3v) is 5.02. The van der Waals surface area contributed by atoms with Gasteiger partial charge in [0.2, 0.25) is 0 Å². The third-order valence-electron chi connectivity index (χ3n) is 5.02. The van der Waals surface area contributed by atoms with Crippen LogP contribution >= 0.6 is 0 Å². The lowest BCUT2D eigenvalue weighted by molar-refractivity contribution is 0.0367. The number of nitrogens with zero attached hydrogens (tertiary/aromatic N) is 5. The molecule has 8 nitrogen and oxygen atoms in total. The number of halogens is 1. The van der Waals surface area contributed by atoms with Crippen LogP contribution in [0.5, 0.6) is 0 Å². The van der Waals surface area contributed by atoms with E-state index in [2.05, 4.69) is 20.2 Å². The summed E-state index contributed by atoms with van der Waals surface area (Å²) >= 11 is 0. The SMILES string of the molecule is [N-]=[N+]=NC[C@H]1CN(C2CCC(N3CCNCC3)C(F)C2)C(=O)O1. The quantitative estimate of drug-likeness (QED) is 0.478. The van der Waals surface area contributed by atoms with Crippen molar-refractivity contribution in [2.45, 2.75) is 43.6 Å². The molecule has 1 aliphatic carbocycles. The number of piperazine rings is 1. The molecule has 9 heteroatoms. The molecule has 0 spiro atoms. The first kappa shape index (κ1) is 16.3. The number of ether oxygens (including phenoxy) is 1. The molecular formula is C14H23FN6O2. The van der Waals surface area contributed by atoms with E-state index in [0.29, 0.717) is 13.0 Å². The van der Waals surface area contributed by atoms with Gasteiger partial charge in [-0.2, -0.15) is 0 Å². The highest BCUT2D eigenvalue weighted by atomic mass is 19.1. The molecule has 0 radical (unpaired) electrons. The van der Waals surface area contributed by atoms with Gasteiger partial charge in [0.1, 0.15) is 12.3 Å². The summed E-state index contributed by atoms with van der Waals surface area (Å²) in [5.41, 5.74) is 8.34. The van der Waals surface area contributed by atoms with Crippen LogP contribution in [0.25, 0.3) is 10.4 Å². The number of rotatable bonds is 4. The number of azide groups is 1. The number of carbonyl (C=O) groups excluding carboxylic acids is 1. The summed E-state index contributed by atoms with van der Waals surface area (Å²) in [7, 11) is 0. The molecule has 0 bridgehead atoms. The molecule has 3 rings (SSSR count). The van der Waals surface area contributed by atoms with Gasteiger partial charge in [-0.1, -0.05) is 5.11 Å². The number of carbonyl (C=O) groups is 1. The van der Waals surface area contributed by atoms with E-state index in [1.807, 2.05) is 0 Å². The highest BCUT2D eigenvalue weighted by molar-refractivity contribution is 5.70. The average molecular weight is 326 g/mol. The zero-order valence-corrected chi connectivity index (χ0v) is 13.1. The van der Waals surface area contributed by atoms with Crippen LogP contribution in [0, 0.1) is 0 Å². The van der Waals surface area contributed by atoms with Crippen molar-refractivity contribution in [2.24, 2.45) is 5.11 Å². The van der Waals surface area contributed by atoms with E-state index < -0.39 is 18.4 Å². The maximum Gasteiger partial charge on any atom is 0.410 e. The van der Waals surface area contributed by atoms with E-state index >= 15 is 0 Å². The van der Waals surface area contributed by atoms with E-state index in [1.54, 1.807) is 4.90 Å². The Morgan fingerprint density at radius 3 is 2.87 bits per heavy atom. The zero-order chi connectivity index (χ0) is 16.2. The maximum atomic E-state index is 14.7. The molecule has 2 aliphatic heterocycles. The second-order valence-corrected chi connectivity index (χ2v) is 6.41. The van der Waals surface area contributed by atoms with Gasteiger partial charge in [0, 0.05) is 49.6 Å². The predicted octanol–water partition coefficient (Wildman–Crippen LogP) is 1.28. The molecule has 3 unspecified atom stereocenters. The second-order valence-electron chi connectivity index (χ2n) is 6.41. The fourth-order valence-corrected chi connectivity index (χ4v) is 3.85. The van der Waals surface area contributed by atoms with Crippen molar-refractivity contribution in [2.75, 3.05) is 39.3 Å². The number of hydrogen-bond donors (Lipinski definition) is 1. The molecular weight excluding hydrogens is 303 g/mol. The Labute approximate surface area is 134 Å². The molecule has 3 fully saturated rings. The lowest BCUT2D eigenvalue weighted by Crippen LogP contribution is -2.55. The fourth-order valence-electron chi connectivity index (χ4n) is 3.85. The normalized spacial score (nSPS) is 35.7. The summed E-state index contributed by atoms with van der Waals surface area (Å²) in [4.78, 5) is 18.5. The van der Waals surface area contributed by atoms with Gasteiger partial charge in [-0.25, -0.2) is 9.18 Å². The van der Waals surface area contributed by atoms with Crippen LogP contribution in [-0.2, 0) is 4.74 Å².